The molecule has 1 heterocycles. The van der Waals surface area contributed by atoms with Gasteiger partial charge in [-0.1, -0.05) is 30.8 Å². The molecule has 3 aliphatic rings. The van der Waals surface area contributed by atoms with Crippen molar-refractivity contribution in [2.45, 2.75) is 81.9 Å². The number of ether oxygens (including phenoxy) is 1. The van der Waals surface area contributed by atoms with E-state index in [0.29, 0.717) is 24.5 Å². The summed E-state index contributed by atoms with van der Waals surface area (Å²) in [7, 11) is 0. The van der Waals surface area contributed by atoms with E-state index in [9.17, 15) is 0 Å². The van der Waals surface area contributed by atoms with Gasteiger partial charge in [0.05, 0.1) is 12.1 Å². The average molecular weight is 295 g/mol. The smallest absolute Gasteiger partial charge is 0.153 e. The van der Waals surface area contributed by atoms with Gasteiger partial charge in [-0.05, 0) is 38.5 Å². The van der Waals surface area contributed by atoms with Crippen LogP contribution in [0.5, 0.6) is 0 Å². The summed E-state index contributed by atoms with van der Waals surface area (Å²) in [5.41, 5.74) is 5.95. The molecule has 2 saturated carbocycles. The molecule has 3 N–H and O–H groups in total. The molecule has 5 heteroatoms. The molecule has 2 aliphatic carbocycles. The first-order valence-corrected chi connectivity index (χ1v) is 8.58. The molecule has 120 valence electrons. The van der Waals surface area contributed by atoms with E-state index in [4.69, 9.17) is 15.7 Å². The van der Waals surface area contributed by atoms with Gasteiger partial charge >= 0.3 is 0 Å². The number of oxime groups is 1. The number of rotatable bonds is 4. The zero-order valence-electron chi connectivity index (χ0n) is 13.0. The van der Waals surface area contributed by atoms with Gasteiger partial charge in [0.1, 0.15) is 0 Å². The first-order chi connectivity index (χ1) is 10.2. The highest BCUT2D eigenvalue weighted by molar-refractivity contribution is 5.81. The first kappa shape index (κ1) is 15.1. The van der Waals surface area contributed by atoms with Crippen molar-refractivity contribution < 1.29 is 9.94 Å². The minimum Gasteiger partial charge on any atom is -0.409 e. The molecule has 5 nitrogen and oxygen atoms in total. The van der Waals surface area contributed by atoms with Gasteiger partial charge in [0, 0.05) is 18.7 Å². The van der Waals surface area contributed by atoms with Crippen LogP contribution in [0.4, 0.5) is 0 Å². The Bertz CT molecular complexity index is 374. The summed E-state index contributed by atoms with van der Waals surface area (Å²) in [4.78, 5) is 2.52. The van der Waals surface area contributed by atoms with Crippen molar-refractivity contribution in [1.82, 2.24) is 4.90 Å². The monoisotopic (exact) mass is 295 g/mol. The van der Waals surface area contributed by atoms with E-state index < -0.39 is 0 Å². The summed E-state index contributed by atoms with van der Waals surface area (Å²) in [5, 5.41) is 12.1. The minimum absolute atomic E-state index is 0.130. The van der Waals surface area contributed by atoms with E-state index in [-0.39, 0.29) is 5.60 Å². The van der Waals surface area contributed by atoms with Crippen LogP contribution in [-0.2, 0) is 4.74 Å². The summed E-state index contributed by atoms with van der Waals surface area (Å²) in [6.07, 6.45) is 12.4. The second-order valence-electron chi connectivity index (χ2n) is 7.09. The lowest BCUT2D eigenvalue weighted by molar-refractivity contribution is -0.104. The molecule has 0 aromatic carbocycles. The van der Waals surface area contributed by atoms with E-state index in [1.165, 1.54) is 51.4 Å². The van der Waals surface area contributed by atoms with E-state index in [2.05, 4.69) is 10.1 Å². The zero-order chi connectivity index (χ0) is 14.7. The van der Waals surface area contributed by atoms with Crippen molar-refractivity contribution >= 4 is 5.84 Å². The maximum absolute atomic E-state index is 8.94. The Balaban J connectivity index is 1.71. The lowest BCUT2D eigenvalue weighted by atomic mass is 9.87. The van der Waals surface area contributed by atoms with E-state index >= 15 is 0 Å². The molecule has 1 spiro atoms. The Hall–Kier alpha value is -0.810. The SMILES string of the molecule is NC(CN(C1CCCC1)C1CCOC2(CCCC2)C1)=NO. The maximum atomic E-state index is 8.94. The highest BCUT2D eigenvalue weighted by Crippen LogP contribution is 2.42. The highest BCUT2D eigenvalue weighted by Gasteiger charge is 2.43. The molecule has 1 saturated heterocycles. The largest absolute Gasteiger partial charge is 0.409 e. The molecule has 21 heavy (non-hydrogen) atoms. The van der Waals surface area contributed by atoms with Crippen molar-refractivity contribution in [1.29, 1.82) is 0 Å². The third kappa shape index (κ3) is 3.34. The van der Waals surface area contributed by atoms with Crippen LogP contribution in [-0.4, -0.2) is 46.8 Å². The normalized spacial score (nSPS) is 30.5. The molecule has 0 bridgehead atoms. The summed E-state index contributed by atoms with van der Waals surface area (Å²) in [6, 6.07) is 1.13. The fourth-order valence-electron chi connectivity index (χ4n) is 4.66. The van der Waals surface area contributed by atoms with Gasteiger partial charge in [0.25, 0.3) is 0 Å². The van der Waals surface area contributed by atoms with Crippen LogP contribution in [0.15, 0.2) is 5.16 Å². The quantitative estimate of drug-likeness (QED) is 0.362. The molecule has 1 atom stereocenters. The third-order valence-corrected chi connectivity index (χ3v) is 5.72. The van der Waals surface area contributed by atoms with Crippen molar-refractivity contribution in [3.8, 4) is 0 Å². The summed E-state index contributed by atoms with van der Waals surface area (Å²) in [5.74, 6) is 0.342. The lowest BCUT2D eigenvalue weighted by Gasteiger charge is -2.45. The Morgan fingerprint density at radius 1 is 1.14 bits per heavy atom. The number of nitrogens with two attached hydrogens (primary N) is 1. The third-order valence-electron chi connectivity index (χ3n) is 5.72. The molecule has 3 rings (SSSR count). The topological polar surface area (TPSA) is 71.1 Å². The number of nitrogens with zero attached hydrogens (tertiary/aromatic N) is 2. The lowest BCUT2D eigenvalue weighted by Crippen LogP contribution is -2.52. The summed E-state index contributed by atoms with van der Waals surface area (Å²) in [6.45, 7) is 1.46. The van der Waals surface area contributed by atoms with Crippen LogP contribution < -0.4 is 5.73 Å². The van der Waals surface area contributed by atoms with E-state index in [0.717, 1.165) is 19.4 Å². The predicted octanol–water partition coefficient (Wildman–Crippen LogP) is 2.47. The van der Waals surface area contributed by atoms with E-state index in [1.807, 2.05) is 0 Å². The first-order valence-electron chi connectivity index (χ1n) is 8.58. The second kappa shape index (κ2) is 6.53. The molecule has 1 aliphatic heterocycles. The second-order valence-corrected chi connectivity index (χ2v) is 7.09. The zero-order valence-corrected chi connectivity index (χ0v) is 13.0. The van der Waals surface area contributed by atoms with Gasteiger partial charge in [-0.2, -0.15) is 0 Å². The molecule has 3 fully saturated rings. The predicted molar refractivity (Wildman–Crippen MR) is 82.5 cm³/mol. The Morgan fingerprint density at radius 3 is 2.52 bits per heavy atom. The summed E-state index contributed by atoms with van der Waals surface area (Å²) < 4.78 is 6.16. The van der Waals surface area contributed by atoms with Crippen molar-refractivity contribution in [3.05, 3.63) is 0 Å². The average Bonchev–Trinajstić information content (AvgIpc) is 3.17. The molecule has 0 aromatic rings. The molecule has 0 amide bonds. The van der Waals surface area contributed by atoms with Gasteiger partial charge in [0.2, 0.25) is 0 Å². The Kier molecular flexibility index (Phi) is 4.69. The van der Waals surface area contributed by atoms with Crippen LogP contribution in [0.2, 0.25) is 0 Å². The van der Waals surface area contributed by atoms with Gasteiger partial charge < -0.3 is 15.7 Å². The fraction of sp³-hybridized carbons (Fsp3) is 0.938. The van der Waals surface area contributed by atoms with Gasteiger partial charge in [-0.15, -0.1) is 0 Å². The fourth-order valence-corrected chi connectivity index (χ4v) is 4.66. The Labute approximate surface area is 127 Å². The van der Waals surface area contributed by atoms with Crippen LogP contribution >= 0.6 is 0 Å². The van der Waals surface area contributed by atoms with Crippen LogP contribution in [0, 0.1) is 0 Å². The molecular formula is C16H29N3O2. The standard InChI is InChI=1S/C16H29N3O2/c17-15(18-20)12-19(13-5-1-2-6-13)14-7-10-21-16(11-14)8-3-4-9-16/h13-14,20H,1-12H2,(H2,17,18). The van der Waals surface area contributed by atoms with Crippen molar-refractivity contribution in [3.63, 3.8) is 0 Å². The van der Waals surface area contributed by atoms with Crippen molar-refractivity contribution in [2.75, 3.05) is 13.2 Å². The Morgan fingerprint density at radius 2 is 1.86 bits per heavy atom. The number of hydrogen-bond acceptors (Lipinski definition) is 4. The van der Waals surface area contributed by atoms with Gasteiger partial charge in [0.15, 0.2) is 5.84 Å². The summed E-state index contributed by atoms with van der Waals surface area (Å²) >= 11 is 0. The minimum atomic E-state index is 0.130. The van der Waals surface area contributed by atoms with Gasteiger partial charge in [-0.3, -0.25) is 4.90 Å². The van der Waals surface area contributed by atoms with E-state index in [1.54, 1.807) is 0 Å². The van der Waals surface area contributed by atoms with Gasteiger partial charge in [-0.25, -0.2) is 0 Å². The maximum Gasteiger partial charge on any atom is 0.153 e. The molecule has 0 radical (unpaired) electrons. The highest BCUT2D eigenvalue weighted by atomic mass is 16.5. The van der Waals surface area contributed by atoms with Crippen molar-refractivity contribution in [2.24, 2.45) is 10.9 Å². The number of hydrogen-bond donors (Lipinski definition) is 2. The van der Waals surface area contributed by atoms with Crippen LogP contribution in [0.3, 0.4) is 0 Å². The molecular weight excluding hydrogens is 266 g/mol. The van der Waals surface area contributed by atoms with Crippen LogP contribution in [0.1, 0.15) is 64.2 Å². The number of amidine groups is 1. The van der Waals surface area contributed by atoms with Crippen LogP contribution in [0.25, 0.3) is 0 Å². The molecule has 0 aromatic heterocycles. The molecule has 1 unspecified atom stereocenters.